The van der Waals surface area contributed by atoms with Gasteiger partial charge in [-0.2, -0.15) is 67.3 Å². The van der Waals surface area contributed by atoms with Crippen LogP contribution < -0.4 is 0 Å². The minimum absolute atomic E-state index is 2.14. The van der Waals surface area contributed by atoms with E-state index in [1.54, 1.807) is 0 Å². The van der Waals surface area contributed by atoms with Gasteiger partial charge in [-0.15, -0.1) is 0 Å². The molecule has 0 aromatic carbocycles. The zero-order chi connectivity index (χ0) is 43.2. The highest BCUT2D eigenvalue weighted by atomic mass is 32.3. The summed E-state index contributed by atoms with van der Waals surface area (Å²) in [6.07, 6.45) is -25.5. The van der Waals surface area contributed by atoms with Crippen molar-refractivity contribution >= 4 is 83.2 Å². The van der Waals surface area contributed by atoms with E-state index in [2.05, 4.69) is 33.5 Å². The van der Waals surface area contributed by atoms with Crippen molar-refractivity contribution in [1.29, 1.82) is 0 Å². The van der Waals surface area contributed by atoms with Gasteiger partial charge in [0.1, 0.15) is 43.2 Å². The number of hydrogen-bond acceptors (Lipinski definition) is 27. The Kier molecular flexibility index (Phi) is 15.0. The SMILES string of the molecule is O=S(=O)(O)OC[C@H]1O[C@](COS(=O)(=O)O)([C@]2(OS(=O)(=O)O)O[C@H](CO)[C@@H](OS(=O)(=O)O)[C@@H](OS(=O)(=O)O)[C@H]2OS(=O)(=O)O)[C@H](OS(=O)(=O)O)[C@@H]1OS(=O)(=O)O. The van der Waals surface area contributed by atoms with E-state index >= 15 is 0 Å². The second-order valence-electron chi connectivity index (χ2n) is 9.82. The molecule has 0 spiro atoms. The molecule has 2 rings (SSSR count). The van der Waals surface area contributed by atoms with Crippen LogP contribution in [0, 0.1) is 0 Å². The fourth-order valence-corrected chi connectivity index (χ4v) is 8.56. The van der Waals surface area contributed by atoms with Crippen LogP contribution >= 0.6 is 0 Å². The van der Waals surface area contributed by atoms with Gasteiger partial charge in [-0.25, -0.2) is 33.5 Å². The molecule has 0 aromatic rings. The quantitative estimate of drug-likeness (QED) is 0.0512. The summed E-state index contributed by atoms with van der Waals surface area (Å²) in [5.41, 5.74) is -4.77. The molecule has 0 amide bonds. The molecule has 0 aliphatic carbocycles. The lowest BCUT2D eigenvalue weighted by Gasteiger charge is -2.55. The van der Waals surface area contributed by atoms with Crippen LogP contribution in [0.25, 0.3) is 0 Å². The molecule has 35 nitrogen and oxygen atoms in total. The minimum Gasteiger partial charge on any atom is -0.394 e. The Morgan fingerprint density at radius 1 is 0.436 bits per heavy atom. The fourth-order valence-electron chi connectivity index (χ4n) is 4.81. The molecule has 328 valence electrons. The monoisotopic (exact) mass is 982 g/mol. The van der Waals surface area contributed by atoms with Crippen LogP contribution in [0.15, 0.2) is 0 Å². The highest BCUT2D eigenvalue weighted by Gasteiger charge is 2.79. The highest BCUT2D eigenvalue weighted by Crippen LogP contribution is 2.53. The lowest BCUT2D eigenvalue weighted by Crippen LogP contribution is -2.80. The summed E-state index contributed by atoms with van der Waals surface area (Å²) in [4.78, 5) is 0. The second kappa shape index (κ2) is 16.5. The van der Waals surface area contributed by atoms with Crippen molar-refractivity contribution in [2.45, 2.75) is 54.1 Å². The van der Waals surface area contributed by atoms with Crippen molar-refractivity contribution in [3.63, 3.8) is 0 Å². The molecule has 0 bridgehead atoms. The first kappa shape index (κ1) is 50.0. The molecule has 9 atom stereocenters. The van der Waals surface area contributed by atoms with E-state index in [4.69, 9.17) is 14.0 Å². The molecule has 2 heterocycles. The molecule has 0 unspecified atom stereocenters. The maximum Gasteiger partial charge on any atom is 0.400 e. The molecule has 2 fully saturated rings. The number of ether oxygens (including phenoxy) is 2. The van der Waals surface area contributed by atoms with Crippen LogP contribution in [0.5, 0.6) is 0 Å². The maximum atomic E-state index is 12.4. The normalized spacial score (nSPS) is 32.1. The predicted octanol–water partition coefficient (Wildman–Crippen LogP) is -7.39. The number of hydrogen-bond donors (Lipinski definition) is 9. The largest absolute Gasteiger partial charge is 0.400 e. The third-order valence-electron chi connectivity index (χ3n) is 6.13. The average molecular weight is 983 g/mol. The van der Waals surface area contributed by atoms with E-state index in [0.29, 0.717) is 0 Å². The van der Waals surface area contributed by atoms with E-state index < -0.39 is 157 Å². The summed E-state index contributed by atoms with van der Waals surface area (Å²) in [7, 11) is -51.2. The minimum atomic E-state index is -6.85. The standard InChI is InChI=1S/C12H22O35S8/c13-1-4-6(42-50(20,21)22)8(44-52(26,27)28)10(46-54(32,33)34)12(41-4,47-55(35,36)37)11(3-39-49(17,18)19)9(45-53(29,30)31)7(43-51(23,24)25)5(40-11)2-38-48(14,15)16/h4-10,13H,1-3H2,(H,14,15,16)(H,17,18,19)(H,20,21,22)(H,23,24,25)(H,26,27,28)(H,29,30,31)(H,32,33,34)(H,35,36,37)/t4-,5-,6-,7-,8-,9-,10-,11+,12+/m1/s1. The van der Waals surface area contributed by atoms with Crippen LogP contribution in [-0.4, -0.2) is 183 Å². The van der Waals surface area contributed by atoms with Crippen molar-refractivity contribution in [2.24, 2.45) is 0 Å². The molecule has 0 aromatic heterocycles. The molecule has 2 aliphatic heterocycles. The van der Waals surface area contributed by atoms with Gasteiger partial charge in [-0.05, 0) is 0 Å². The number of aliphatic hydroxyl groups is 1. The lowest BCUT2D eigenvalue weighted by atomic mass is 9.78. The second-order valence-corrected chi connectivity index (χ2v) is 18.3. The van der Waals surface area contributed by atoms with E-state index in [0.717, 1.165) is 0 Å². The van der Waals surface area contributed by atoms with Crippen molar-refractivity contribution < 1.29 is 152 Å². The first-order valence-electron chi connectivity index (χ1n) is 12.3. The molecular weight excluding hydrogens is 961 g/mol. The topological polar surface area (TPSA) is 547 Å². The molecule has 2 saturated heterocycles. The summed E-state index contributed by atoms with van der Waals surface area (Å²) >= 11 is 0. The Balaban J connectivity index is 3.49. The Hall–Kier alpha value is -1.16. The van der Waals surface area contributed by atoms with Gasteiger partial charge in [0.2, 0.25) is 0 Å². The van der Waals surface area contributed by atoms with Crippen molar-refractivity contribution in [3.8, 4) is 0 Å². The average Bonchev–Trinajstić information content (AvgIpc) is 3.16. The first-order valence-corrected chi connectivity index (χ1v) is 23.2. The zero-order valence-corrected chi connectivity index (χ0v) is 31.6. The molecule has 0 radical (unpaired) electrons. The van der Waals surface area contributed by atoms with Crippen molar-refractivity contribution in [1.82, 2.24) is 0 Å². The third kappa shape index (κ3) is 14.9. The Morgan fingerprint density at radius 3 is 1.22 bits per heavy atom. The van der Waals surface area contributed by atoms with Crippen LogP contribution in [0.3, 0.4) is 0 Å². The van der Waals surface area contributed by atoms with Crippen LogP contribution in [0.4, 0.5) is 0 Å². The fraction of sp³-hybridized carbons (Fsp3) is 1.00. The predicted molar refractivity (Wildman–Crippen MR) is 152 cm³/mol. The third-order valence-corrected chi connectivity index (χ3v) is 9.73. The summed E-state index contributed by atoms with van der Waals surface area (Å²) in [5.74, 6) is -5.16. The van der Waals surface area contributed by atoms with Gasteiger partial charge in [0.15, 0.2) is 11.7 Å². The van der Waals surface area contributed by atoms with Crippen LogP contribution in [0.1, 0.15) is 0 Å². The van der Waals surface area contributed by atoms with Gasteiger partial charge in [-0.1, -0.05) is 0 Å². The van der Waals surface area contributed by atoms with Gasteiger partial charge in [0.25, 0.3) is 5.79 Å². The molecule has 0 saturated carbocycles. The van der Waals surface area contributed by atoms with Gasteiger partial charge in [-0.3, -0.25) is 36.4 Å². The summed E-state index contributed by atoms with van der Waals surface area (Å²) in [6, 6.07) is 0. The van der Waals surface area contributed by atoms with Crippen molar-refractivity contribution in [3.05, 3.63) is 0 Å². The number of rotatable bonds is 20. The summed E-state index contributed by atoms with van der Waals surface area (Å²) < 4.78 is 308. The summed E-state index contributed by atoms with van der Waals surface area (Å²) in [5, 5.41) is 10.0. The maximum absolute atomic E-state index is 12.4. The van der Waals surface area contributed by atoms with Gasteiger partial charge in [0, 0.05) is 0 Å². The van der Waals surface area contributed by atoms with Gasteiger partial charge < -0.3 is 14.6 Å². The van der Waals surface area contributed by atoms with Crippen LogP contribution in [0.2, 0.25) is 0 Å². The van der Waals surface area contributed by atoms with Crippen molar-refractivity contribution in [2.75, 3.05) is 19.8 Å². The summed E-state index contributed by atoms with van der Waals surface area (Å²) in [6.45, 7) is -7.10. The van der Waals surface area contributed by atoms with E-state index in [1.807, 2.05) is 0 Å². The molecule has 2 aliphatic rings. The Bertz CT molecular complexity index is 2310. The lowest BCUT2D eigenvalue weighted by molar-refractivity contribution is -0.394. The van der Waals surface area contributed by atoms with Gasteiger partial charge in [0.05, 0.1) is 13.2 Å². The van der Waals surface area contributed by atoms with E-state index in [-0.39, 0.29) is 0 Å². The molecular formula is C12H22O35S8. The number of aliphatic hydroxyl groups excluding tert-OH is 1. The zero-order valence-electron chi connectivity index (χ0n) is 25.1. The van der Waals surface area contributed by atoms with E-state index in [1.165, 1.54) is 0 Å². The molecule has 43 heteroatoms. The van der Waals surface area contributed by atoms with Gasteiger partial charge >= 0.3 is 83.2 Å². The Labute approximate surface area is 307 Å². The molecule has 9 N–H and O–H groups in total. The molecule has 55 heavy (non-hydrogen) atoms. The highest BCUT2D eigenvalue weighted by molar-refractivity contribution is 7.82. The first-order chi connectivity index (χ1) is 24.1. The van der Waals surface area contributed by atoms with Crippen LogP contribution in [-0.2, 0) is 126 Å². The van der Waals surface area contributed by atoms with E-state index in [9.17, 15) is 104 Å². The Morgan fingerprint density at radius 2 is 0.836 bits per heavy atom. The smallest absolute Gasteiger partial charge is 0.394 e.